The number of carbonyl (C=O) groups is 2. The van der Waals surface area contributed by atoms with Gasteiger partial charge < -0.3 is 25.0 Å². The lowest BCUT2D eigenvalue weighted by Gasteiger charge is -2.39. The van der Waals surface area contributed by atoms with Gasteiger partial charge in [-0.05, 0) is 33.0 Å². The summed E-state index contributed by atoms with van der Waals surface area (Å²) in [6.45, 7) is 2.65. The first-order chi connectivity index (χ1) is 9.94. The average molecular weight is 299 g/mol. The molecule has 21 heavy (non-hydrogen) atoms. The van der Waals surface area contributed by atoms with Crippen molar-refractivity contribution >= 4 is 12.0 Å². The molecular formula is C14H25N3O4. The number of urea groups is 1. The van der Waals surface area contributed by atoms with Crippen molar-refractivity contribution in [1.29, 1.82) is 0 Å². The van der Waals surface area contributed by atoms with E-state index in [4.69, 9.17) is 4.74 Å². The number of carboxylic acids is 1. The molecule has 7 nitrogen and oxygen atoms in total. The van der Waals surface area contributed by atoms with Crippen LogP contribution in [0.5, 0.6) is 0 Å². The lowest BCUT2D eigenvalue weighted by atomic mass is 9.90. The van der Waals surface area contributed by atoms with Crippen molar-refractivity contribution in [3.8, 4) is 0 Å². The zero-order valence-electron chi connectivity index (χ0n) is 12.8. The van der Waals surface area contributed by atoms with Crippen LogP contribution >= 0.6 is 0 Å². The first-order valence-electron chi connectivity index (χ1n) is 7.49. The van der Waals surface area contributed by atoms with Crippen molar-refractivity contribution in [1.82, 2.24) is 15.1 Å². The summed E-state index contributed by atoms with van der Waals surface area (Å²) in [6, 6.07) is -0.124. The second-order valence-electron chi connectivity index (χ2n) is 6.08. The lowest BCUT2D eigenvalue weighted by molar-refractivity contribution is -0.148. The summed E-state index contributed by atoms with van der Waals surface area (Å²) in [5, 5.41) is 12.2. The first kappa shape index (κ1) is 16.0. The molecule has 0 saturated carbocycles. The van der Waals surface area contributed by atoms with Crippen molar-refractivity contribution < 1.29 is 19.4 Å². The molecule has 0 aromatic carbocycles. The maximum atomic E-state index is 12.4. The molecule has 0 aliphatic carbocycles. The van der Waals surface area contributed by atoms with Crippen LogP contribution in [0.1, 0.15) is 25.7 Å². The second-order valence-corrected chi connectivity index (χ2v) is 6.08. The van der Waals surface area contributed by atoms with Gasteiger partial charge in [0.2, 0.25) is 0 Å². The summed E-state index contributed by atoms with van der Waals surface area (Å²) in [5.74, 6) is -0.976. The summed E-state index contributed by atoms with van der Waals surface area (Å²) < 4.78 is 5.21. The Bertz CT molecular complexity index is 388. The maximum absolute atomic E-state index is 12.4. The molecule has 0 aromatic heterocycles. The summed E-state index contributed by atoms with van der Waals surface area (Å²) >= 11 is 0. The number of hydrogen-bond donors (Lipinski definition) is 2. The van der Waals surface area contributed by atoms with E-state index in [1.807, 2.05) is 0 Å². The number of hydrogen-bond acceptors (Lipinski definition) is 4. The molecule has 2 fully saturated rings. The standard InChI is InChI=1S/C14H25N3O4/c1-16-7-3-11(4-8-16)17(2)13(20)15-14(12(18)19)5-9-21-10-6-14/h11H,3-10H2,1-2H3,(H,15,20)(H,18,19). The summed E-state index contributed by atoms with van der Waals surface area (Å²) in [7, 11) is 3.82. The Labute approximate surface area is 125 Å². The molecule has 2 heterocycles. The van der Waals surface area contributed by atoms with Gasteiger partial charge in [0.05, 0.1) is 0 Å². The number of nitrogens with one attached hydrogen (secondary N) is 1. The van der Waals surface area contributed by atoms with Crippen LogP contribution in [0.15, 0.2) is 0 Å². The van der Waals surface area contributed by atoms with Gasteiger partial charge in [-0.3, -0.25) is 0 Å². The molecule has 2 saturated heterocycles. The van der Waals surface area contributed by atoms with E-state index in [-0.39, 0.29) is 12.1 Å². The van der Waals surface area contributed by atoms with Gasteiger partial charge in [-0.25, -0.2) is 9.59 Å². The van der Waals surface area contributed by atoms with Gasteiger partial charge in [0.15, 0.2) is 0 Å². The molecule has 2 aliphatic heterocycles. The third kappa shape index (κ3) is 3.65. The van der Waals surface area contributed by atoms with Crippen LogP contribution in [0.4, 0.5) is 4.79 Å². The summed E-state index contributed by atoms with van der Waals surface area (Å²) in [5.41, 5.74) is -1.19. The Morgan fingerprint density at radius 3 is 2.38 bits per heavy atom. The Morgan fingerprint density at radius 1 is 1.29 bits per heavy atom. The fraction of sp³-hybridized carbons (Fsp3) is 0.857. The number of piperidine rings is 1. The van der Waals surface area contributed by atoms with Crippen LogP contribution in [0, 0.1) is 0 Å². The third-order valence-corrected chi connectivity index (χ3v) is 4.66. The Morgan fingerprint density at radius 2 is 1.86 bits per heavy atom. The van der Waals surface area contributed by atoms with E-state index in [1.165, 1.54) is 0 Å². The van der Waals surface area contributed by atoms with Crippen molar-refractivity contribution in [2.75, 3.05) is 40.4 Å². The fourth-order valence-corrected chi connectivity index (χ4v) is 2.95. The van der Waals surface area contributed by atoms with Gasteiger partial charge >= 0.3 is 12.0 Å². The molecule has 2 N–H and O–H groups in total. The van der Waals surface area contributed by atoms with Gasteiger partial charge in [-0.1, -0.05) is 0 Å². The molecule has 7 heteroatoms. The molecule has 120 valence electrons. The lowest BCUT2D eigenvalue weighted by Crippen LogP contribution is -2.61. The molecular weight excluding hydrogens is 274 g/mol. The van der Waals surface area contributed by atoms with Crippen molar-refractivity contribution in [3.05, 3.63) is 0 Å². The molecule has 2 aliphatic rings. The number of rotatable bonds is 3. The predicted octanol–water partition coefficient (Wildman–Crippen LogP) is 0.356. The van der Waals surface area contributed by atoms with E-state index in [0.29, 0.717) is 26.1 Å². The molecule has 0 aromatic rings. The summed E-state index contributed by atoms with van der Waals surface area (Å²) in [4.78, 5) is 27.9. The third-order valence-electron chi connectivity index (χ3n) is 4.66. The van der Waals surface area contributed by atoms with Crippen molar-refractivity contribution in [3.63, 3.8) is 0 Å². The van der Waals surface area contributed by atoms with E-state index < -0.39 is 11.5 Å². The quantitative estimate of drug-likeness (QED) is 0.786. The molecule has 2 rings (SSSR count). The fourth-order valence-electron chi connectivity index (χ4n) is 2.95. The minimum absolute atomic E-state index is 0.173. The number of nitrogens with zero attached hydrogens (tertiary/aromatic N) is 2. The van der Waals surface area contributed by atoms with Crippen LogP contribution in [0.25, 0.3) is 0 Å². The SMILES string of the molecule is CN1CCC(N(C)C(=O)NC2(C(=O)O)CCOCC2)CC1. The highest BCUT2D eigenvalue weighted by atomic mass is 16.5. The van der Waals surface area contributed by atoms with Crippen LogP contribution < -0.4 is 5.32 Å². The van der Waals surface area contributed by atoms with Gasteiger partial charge in [0.25, 0.3) is 0 Å². The zero-order chi connectivity index (χ0) is 15.5. The minimum atomic E-state index is -1.19. The molecule has 0 radical (unpaired) electrons. The molecule has 0 atom stereocenters. The van der Waals surface area contributed by atoms with E-state index >= 15 is 0 Å². The number of likely N-dealkylation sites (tertiary alicyclic amines) is 1. The number of carbonyl (C=O) groups excluding carboxylic acids is 1. The summed E-state index contributed by atoms with van der Waals surface area (Å²) in [6.07, 6.45) is 2.47. The average Bonchev–Trinajstić information content (AvgIpc) is 2.48. The van der Waals surface area contributed by atoms with Crippen LogP contribution in [-0.4, -0.2) is 78.9 Å². The maximum Gasteiger partial charge on any atom is 0.329 e. The highest BCUT2D eigenvalue weighted by molar-refractivity contribution is 5.86. The molecule has 0 bridgehead atoms. The van der Waals surface area contributed by atoms with E-state index in [0.717, 1.165) is 25.9 Å². The molecule has 0 unspecified atom stereocenters. The monoisotopic (exact) mass is 299 g/mol. The highest BCUT2D eigenvalue weighted by Gasteiger charge is 2.42. The Kier molecular flexibility index (Phi) is 5.05. The van der Waals surface area contributed by atoms with Crippen molar-refractivity contribution in [2.24, 2.45) is 0 Å². The largest absolute Gasteiger partial charge is 0.480 e. The zero-order valence-corrected chi connectivity index (χ0v) is 12.8. The normalized spacial score (nSPS) is 23.5. The smallest absolute Gasteiger partial charge is 0.329 e. The Hall–Kier alpha value is -1.34. The number of aliphatic carboxylic acids is 1. The van der Waals surface area contributed by atoms with Gasteiger partial charge in [-0.2, -0.15) is 0 Å². The first-order valence-corrected chi connectivity index (χ1v) is 7.49. The highest BCUT2D eigenvalue weighted by Crippen LogP contribution is 2.22. The molecule has 0 spiro atoms. The van der Waals surface area contributed by atoms with E-state index in [1.54, 1.807) is 11.9 Å². The number of amides is 2. The predicted molar refractivity (Wildman–Crippen MR) is 77.2 cm³/mol. The van der Waals surface area contributed by atoms with Crippen LogP contribution in [-0.2, 0) is 9.53 Å². The van der Waals surface area contributed by atoms with Crippen LogP contribution in [0.2, 0.25) is 0 Å². The van der Waals surface area contributed by atoms with Gasteiger partial charge in [-0.15, -0.1) is 0 Å². The van der Waals surface area contributed by atoms with Gasteiger partial charge in [0.1, 0.15) is 5.54 Å². The second kappa shape index (κ2) is 6.62. The van der Waals surface area contributed by atoms with Crippen molar-refractivity contribution in [2.45, 2.75) is 37.3 Å². The van der Waals surface area contributed by atoms with Gasteiger partial charge in [0, 0.05) is 39.1 Å². The minimum Gasteiger partial charge on any atom is -0.480 e. The number of carboxylic acid groups (broad SMARTS) is 1. The Balaban J connectivity index is 1.96. The number of ether oxygens (including phenoxy) is 1. The van der Waals surface area contributed by atoms with Crippen LogP contribution in [0.3, 0.4) is 0 Å². The topological polar surface area (TPSA) is 82.1 Å². The molecule has 2 amide bonds. The van der Waals surface area contributed by atoms with E-state index in [9.17, 15) is 14.7 Å². The van der Waals surface area contributed by atoms with E-state index in [2.05, 4.69) is 17.3 Å².